The molecule has 0 aliphatic carbocycles. The molecule has 7 heteroatoms. The molecule has 0 bridgehead atoms. The molecule has 1 unspecified atom stereocenters. The van der Waals surface area contributed by atoms with Gasteiger partial charge in [-0.05, 0) is 13.8 Å². The minimum atomic E-state index is -1.54. The monoisotopic (exact) mass is 249 g/mol. The van der Waals surface area contributed by atoms with Gasteiger partial charge in [-0.15, -0.1) is 0 Å². The van der Waals surface area contributed by atoms with E-state index in [9.17, 15) is 20.1 Å². The predicted molar refractivity (Wildman–Crippen MR) is 56.8 cm³/mol. The third-order valence-corrected chi connectivity index (χ3v) is 3.19. The van der Waals surface area contributed by atoms with Crippen molar-refractivity contribution < 1.29 is 30.0 Å². The van der Waals surface area contributed by atoms with Crippen LogP contribution in [0.5, 0.6) is 0 Å². The molecule has 1 amide bonds. The summed E-state index contributed by atoms with van der Waals surface area (Å²) in [4.78, 5) is 11.0. The van der Waals surface area contributed by atoms with Gasteiger partial charge in [-0.1, -0.05) is 0 Å². The van der Waals surface area contributed by atoms with Crippen LogP contribution < -0.4 is 5.32 Å². The molecule has 1 heterocycles. The molecule has 7 nitrogen and oxygen atoms in total. The smallest absolute Gasteiger partial charge is 0.217 e. The van der Waals surface area contributed by atoms with Gasteiger partial charge in [0, 0.05) is 6.92 Å². The maximum atomic E-state index is 11.0. The van der Waals surface area contributed by atoms with Gasteiger partial charge in [-0.3, -0.25) is 4.79 Å². The molecule has 0 radical (unpaired) electrons. The van der Waals surface area contributed by atoms with Gasteiger partial charge in [0.2, 0.25) is 5.91 Å². The minimum Gasteiger partial charge on any atom is -0.393 e. The molecule has 1 aliphatic heterocycles. The molecule has 1 saturated heterocycles. The topological polar surface area (TPSA) is 119 Å². The molecule has 1 aliphatic rings. The largest absolute Gasteiger partial charge is 0.393 e. The summed E-state index contributed by atoms with van der Waals surface area (Å²) in [6.45, 7) is 3.36. The van der Waals surface area contributed by atoms with Crippen molar-refractivity contribution in [3.05, 3.63) is 0 Å². The predicted octanol–water partition coefficient (Wildman–Crippen LogP) is -2.30. The number of hydrogen-bond donors (Lipinski definition) is 5. The molecule has 100 valence electrons. The van der Waals surface area contributed by atoms with Crippen molar-refractivity contribution in [3.63, 3.8) is 0 Å². The van der Waals surface area contributed by atoms with Crippen molar-refractivity contribution in [1.29, 1.82) is 0 Å². The lowest BCUT2D eigenvalue weighted by molar-refractivity contribution is -0.316. The first-order chi connectivity index (χ1) is 7.67. The summed E-state index contributed by atoms with van der Waals surface area (Å²) in [5.41, 5.74) is -3.00. The van der Waals surface area contributed by atoms with Crippen molar-refractivity contribution in [1.82, 2.24) is 5.32 Å². The van der Waals surface area contributed by atoms with Crippen LogP contribution in [0.3, 0.4) is 0 Å². The zero-order chi connectivity index (χ0) is 13.4. The highest BCUT2D eigenvalue weighted by molar-refractivity contribution is 5.74. The van der Waals surface area contributed by atoms with E-state index in [-0.39, 0.29) is 0 Å². The summed E-state index contributed by atoms with van der Waals surface area (Å²) in [6.07, 6.45) is -4.44. The maximum Gasteiger partial charge on any atom is 0.217 e. The van der Waals surface area contributed by atoms with E-state index < -0.39 is 42.2 Å². The van der Waals surface area contributed by atoms with Crippen molar-refractivity contribution in [2.24, 2.45) is 0 Å². The van der Waals surface area contributed by atoms with E-state index in [1.165, 1.54) is 20.8 Å². The van der Waals surface area contributed by atoms with Gasteiger partial charge >= 0.3 is 0 Å². The number of nitrogens with one attached hydrogen (secondary N) is 1. The van der Waals surface area contributed by atoms with E-state index in [1.807, 2.05) is 0 Å². The Bertz CT molecular complexity index is 311. The Labute approximate surface area is 99.0 Å². The Morgan fingerprint density at radius 3 is 2.24 bits per heavy atom. The normalized spacial score (nSPS) is 46.6. The SMILES string of the molecule is CC(=O)N[C@@]1(C)C(O)O[C@](C)(CO)[C@@H](O)[C@@H]1O. The van der Waals surface area contributed by atoms with Crippen LogP contribution in [0.2, 0.25) is 0 Å². The molecule has 0 aromatic rings. The van der Waals surface area contributed by atoms with E-state index >= 15 is 0 Å². The van der Waals surface area contributed by atoms with Gasteiger partial charge in [-0.2, -0.15) is 0 Å². The lowest BCUT2D eigenvalue weighted by atomic mass is 9.79. The molecule has 0 aromatic heterocycles. The lowest BCUT2D eigenvalue weighted by Gasteiger charge is -2.51. The second-order valence-electron chi connectivity index (χ2n) is 4.79. The Morgan fingerprint density at radius 2 is 1.82 bits per heavy atom. The Kier molecular flexibility index (Phi) is 3.80. The first kappa shape index (κ1) is 14.3. The molecule has 1 rings (SSSR count). The Hall–Kier alpha value is -0.730. The number of ether oxygens (including phenoxy) is 1. The van der Waals surface area contributed by atoms with Gasteiger partial charge in [0.25, 0.3) is 0 Å². The van der Waals surface area contributed by atoms with Crippen LogP contribution in [-0.4, -0.2) is 62.6 Å². The maximum absolute atomic E-state index is 11.0. The summed E-state index contributed by atoms with van der Waals surface area (Å²) in [7, 11) is 0. The third kappa shape index (κ3) is 2.29. The van der Waals surface area contributed by atoms with Crippen LogP contribution in [-0.2, 0) is 9.53 Å². The molecule has 5 N–H and O–H groups in total. The highest BCUT2D eigenvalue weighted by Gasteiger charge is 2.57. The number of carbonyl (C=O) groups is 1. The first-order valence-electron chi connectivity index (χ1n) is 5.29. The number of rotatable bonds is 2. The van der Waals surface area contributed by atoms with E-state index in [0.717, 1.165) is 0 Å². The van der Waals surface area contributed by atoms with Gasteiger partial charge in [-0.25, -0.2) is 0 Å². The molecule has 0 aromatic carbocycles. The molecule has 5 atom stereocenters. The number of amides is 1. The molecule has 1 fully saturated rings. The van der Waals surface area contributed by atoms with Gasteiger partial charge in [0.05, 0.1) is 6.61 Å². The molecule has 0 saturated carbocycles. The van der Waals surface area contributed by atoms with Crippen molar-refractivity contribution in [2.75, 3.05) is 6.61 Å². The summed E-state index contributed by atoms with van der Waals surface area (Å²) in [6, 6.07) is 0. The molecule has 0 spiro atoms. The van der Waals surface area contributed by atoms with Crippen LogP contribution in [0.1, 0.15) is 20.8 Å². The molecule has 17 heavy (non-hydrogen) atoms. The second-order valence-corrected chi connectivity index (χ2v) is 4.79. The fraction of sp³-hybridized carbons (Fsp3) is 0.900. The zero-order valence-corrected chi connectivity index (χ0v) is 10.0. The van der Waals surface area contributed by atoms with Gasteiger partial charge in [0.15, 0.2) is 6.29 Å². The second kappa shape index (κ2) is 4.51. The van der Waals surface area contributed by atoms with E-state index in [1.54, 1.807) is 0 Å². The van der Waals surface area contributed by atoms with Crippen LogP contribution in [0.25, 0.3) is 0 Å². The fourth-order valence-corrected chi connectivity index (χ4v) is 1.90. The standard InChI is InChI=1S/C10H19NO6/c1-5(13)11-10(3)7(15)6(14)9(2,4-12)17-8(10)16/h6-8,12,14-16H,4H2,1-3H3,(H,11,13)/t6-,7-,8?,9+,10+/m0/s1. The highest BCUT2D eigenvalue weighted by Crippen LogP contribution is 2.34. The van der Waals surface area contributed by atoms with Crippen LogP contribution in [0.15, 0.2) is 0 Å². The van der Waals surface area contributed by atoms with Gasteiger partial charge in [0.1, 0.15) is 23.3 Å². The summed E-state index contributed by atoms with van der Waals surface area (Å²) >= 11 is 0. The fourth-order valence-electron chi connectivity index (χ4n) is 1.90. The van der Waals surface area contributed by atoms with E-state index in [0.29, 0.717) is 0 Å². The highest BCUT2D eigenvalue weighted by atomic mass is 16.6. The van der Waals surface area contributed by atoms with E-state index in [4.69, 9.17) is 9.84 Å². The zero-order valence-electron chi connectivity index (χ0n) is 10.0. The Morgan fingerprint density at radius 1 is 1.29 bits per heavy atom. The van der Waals surface area contributed by atoms with Crippen molar-refractivity contribution in [3.8, 4) is 0 Å². The summed E-state index contributed by atoms with van der Waals surface area (Å²) in [5, 5.41) is 41.1. The minimum absolute atomic E-state index is 0.478. The molecular formula is C10H19NO6. The van der Waals surface area contributed by atoms with E-state index in [2.05, 4.69) is 5.32 Å². The van der Waals surface area contributed by atoms with Crippen molar-refractivity contribution >= 4 is 5.91 Å². The molecular weight excluding hydrogens is 230 g/mol. The average Bonchev–Trinajstić information content (AvgIpc) is 2.23. The van der Waals surface area contributed by atoms with Crippen LogP contribution in [0, 0.1) is 0 Å². The lowest BCUT2D eigenvalue weighted by Crippen LogP contribution is -2.74. The number of aliphatic hydroxyl groups excluding tert-OH is 4. The summed E-state index contributed by atoms with van der Waals surface area (Å²) < 4.78 is 5.10. The average molecular weight is 249 g/mol. The summed E-state index contributed by atoms with van der Waals surface area (Å²) in [5.74, 6) is -0.478. The number of aliphatic hydroxyl groups is 4. The van der Waals surface area contributed by atoms with Crippen LogP contribution >= 0.6 is 0 Å². The van der Waals surface area contributed by atoms with Crippen LogP contribution in [0.4, 0.5) is 0 Å². The quantitative estimate of drug-likeness (QED) is 0.375. The third-order valence-electron chi connectivity index (χ3n) is 3.19. The van der Waals surface area contributed by atoms with Gasteiger partial charge < -0.3 is 30.5 Å². The number of hydrogen-bond acceptors (Lipinski definition) is 6. The number of carbonyl (C=O) groups excluding carboxylic acids is 1. The van der Waals surface area contributed by atoms with Crippen molar-refractivity contribution in [2.45, 2.75) is 50.4 Å². The Balaban J connectivity index is 3.02. The first-order valence-corrected chi connectivity index (χ1v) is 5.29.